The molecule has 2 aliphatic heterocycles. The zero-order valence-corrected chi connectivity index (χ0v) is 41.3. The smallest absolute Gasteiger partial charge is 0.187 e. The summed E-state index contributed by atoms with van der Waals surface area (Å²) in [6, 6.07) is 70.4. The van der Waals surface area contributed by atoms with Crippen molar-refractivity contribution in [3.63, 3.8) is 0 Å². The molecular formula is C62H66O11. The molecule has 0 unspecified atom stereocenters. The lowest BCUT2D eigenvalue weighted by Gasteiger charge is -2.50. The minimum atomic E-state index is -1.10. The normalized spacial score (nSPS) is 24.0. The Morgan fingerprint density at radius 3 is 0.863 bits per heavy atom. The van der Waals surface area contributed by atoms with Gasteiger partial charge in [-0.3, -0.25) is 0 Å². The van der Waals surface area contributed by atoms with Crippen molar-refractivity contribution in [3.8, 4) is 0 Å². The molecule has 11 nitrogen and oxygen atoms in total. The van der Waals surface area contributed by atoms with E-state index in [0.717, 1.165) is 38.9 Å². The van der Waals surface area contributed by atoms with Crippen LogP contribution in [0.5, 0.6) is 0 Å². The van der Waals surface area contributed by atoms with Crippen molar-refractivity contribution in [1.82, 2.24) is 0 Å². The number of rotatable bonds is 26. The summed E-state index contributed by atoms with van der Waals surface area (Å²) in [7, 11) is 1.60. The second-order valence-electron chi connectivity index (χ2n) is 18.2. The largest absolute Gasteiger partial charge is 0.374 e. The summed E-state index contributed by atoms with van der Waals surface area (Å²) in [6.45, 7) is 2.38. The molecule has 11 heteroatoms. The lowest BCUT2D eigenvalue weighted by Crippen LogP contribution is -2.66. The molecule has 7 aromatic rings. The molecule has 0 saturated carbocycles. The van der Waals surface area contributed by atoms with Crippen LogP contribution in [0.3, 0.4) is 0 Å². The van der Waals surface area contributed by atoms with Crippen LogP contribution < -0.4 is 0 Å². The van der Waals surface area contributed by atoms with Gasteiger partial charge in [0.25, 0.3) is 0 Å². The lowest BCUT2D eigenvalue weighted by molar-refractivity contribution is -0.381. The quantitative estimate of drug-likeness (QED) is 0.0518. The molecule has 2 aliphatic rings. The molecule has 0 bridgehead atoms. The molecule has 0 spiro atoms. The molecule has 0 radical (unpaired) electrons. The van der Waals surface area contributed by atoms with Crippen LogP contribution in [0.25, 0.3) is 0 Å². The van der Waals surface area contributed by atoms with Crippen LogP contribution in [0.4, 0.5) is 0 Å². The summed E-state index contributed by atoms with van der Waals surface area (Å²) in [6.07, 6.45) is -8.11. The summed E-state index contributed by atoms with van der Waals surface area (Å²) < 4.78 is 75.8. The first-order valence-electron chi connectivity index (χ1n) is 25.2. The zero-order chi connectivity index (χ0) is 49.7. The van der Waals surface area contributed by atoms with E-state index < -0.39 is 61.4 Å². The molecule has 0 N–H and O–H groups in total. The summed E-state index contributed by atoms with van der Waals surface area (Å²) >= 11 is 0. The first-order valence-corrected chi connectivity index (χ1v) is 25.2. The van der Waals surface area contributed by atoms with Crippen LogP contribution in [-0.2, 0) is 98.4 Å². The fourth-order valence-corrected chi connectivity index (χ4v) is 9.15. The van der Waals surface area contributed by atoms with Gasteiger partial charge in [0.15, 0.2) is 12.6 Å². The van der Waals surface area contributed by atoms with Gasteiger partial charge in [-0.1, -0.05) is 212 Å². The molecule has 2 heterocycles. The number of benzene rings is 7. The Hall–Kier alpha value is -5.90. The highest BCUT2D eigenvalue weighted by Gasteiger charge is 2.54. The van der Waals surface area contributed by atoms with Crippen molar-refractivity contribution < 1.29 is 52.1 Å². The second kappa shape index (κ2) is 28.0. The van der Waals surface area contributed by atoms with E-state index in [2.05, 4.69) is 0 Å². The van der Waals surface area contributed by atoms with Crippen LogP contribution in [0.1, 0.15) is 38.9 Å². The van der Waals surface area contributed by atoms with Gasteiger partial charge in [0.1, 0.15) is 48.8 Å². The molecule has 2 fully saturated rings. The minimum Gasteiger partial charge on any atom is -0.374 e. The molecule has 0 aliphatic carbocycles. The molecule has 10 atom stereocenters. The van der Waals surface area contributed by atoms with Gasteiger partial charge < -0.3 is 52.1 Å². The van der Waals surface area contributed by atoms with E-state index in [-0.39, 0.29) is 46.2 Å². The van der Waals surface area contributed by atoms with Crippen molar-refractivity contribution in [3.05, 3.63) is 251 Å². The zero-order valence-electron chi connectivity index (χ0n) is 41.3. The monoisotopic (exact) mass is 986 g/mol. The summed E-state index contributed by atoms with van der Waals surface area (Å²) in [4.78, 5) is 0. The van der Waals surface area contributed by atoms with Crippen LogP contribution in [0.2, 0.25) is 0 Å². The van der Waals surface area contributed by atoms with Crippen molar-refractivity contribution >= 4 is 0 Å². The fourth-order valence-electron chi connectivity index (χ4n) is 9.15. The van der Waals surface area contributed by atoms with Crippen LogP contribution in [0.15, 0.2) is 212 Å². The highest BCUT2D eigenvalue weighted by atomic mass is 16.8. The van der Waals surface area contributed by atoms with E-state index in [9.17, 15) is 0 Å². The van der Waals surface area contributed by atoms with E-state index in [1.165, 1.54) is 0 Å². The summed E-state index contributed by atoms with van der Waals surface area (Å²) in [5, 5.41) is 0. The van der Waals surface area contributed by atoms with E-state index >= 15 is 0 Å². The molecular weight excluding hydrogens is 921 g/mol. The fraction of sp³-hybridized carbons (Fsp3) is 0.323. The maximum Gasteiger partial charge on any atom is 0.187 e. The van der Waals surface area contributed by atoms with Crippen LogP contribution in [-0.4, -0.2) is 81.7 Å². The van der Waals surface area contributed by atoms with Gasteiger partial charge in [-0.05, 0) is 38.9 Å². The maximum atomic E-state index is 7.40. The van der Waals surface area contributed by atoms with Crippen LogP contribution >= 0.6 is 0 Å². The van der Waals surface area contributed by atoms with Crippen molar-refractivity contribution in [2.45, 2.75) is 108 Å². The predicted octanol–water partition coefficient (Wildman–Crippen LogP) is 10.8. The molecule has 0 aromatic heterocycles. The highest BCUT2D eigenvalue weighted by molar-refractivity contribution is 5.19. The van der Waals surface area contributed by atoms with E-state index in [4.69, 9.17) is 52.1 Å². The van der Waals surface area contributed by atoms with Gasteiger partial charge in [-0.15, -0.1) is 0 Å². The third-order valence-corrected chi connectivity index (χ3v) is 12.9. The lowest BCUT2D eigenvalue weighted by atomic mass is 9.96. The standard InChI is InChI=1S/C62H66O11/c1-63-61-60(58(69-42-51-33-19-7-20-34-51)56(67-40-49-29-15-5-16-30-49)53(71-61)44-64-37-46-23-9-2-10-24-46)73-62-59(70-43-52-35-21-8-22-36-52)57(68-41-50-31-17-6-18-32-50)55(66-39-48-27-13-4-14-28-48)54(72-62)45-65-38-47-25-11-3-12-26-47/h2-36,53-62H,37-45H2,1H3/t53-,54-,55-,56-,57+,58+,59+,60-,61-,62+/m1/s1. The van der Waals surface area contributed by atoms with Crippen molar-refractivity contribution in [2.24, 2.45) is 0 Å². The summed E-state index contributed by atoms with van der Waals surface area (Å²) in [5.74, 6) is 0. The third kappa shape index (κ3) is 15.3. The van der Waals surface area contributed by atoms with Crippen LogP contribution in [0, 0.1) is 0 Å². The molecule has 380 valence electrons. The van der Waals surface area contributed by atoms with Gasteiger partial charge >= 0.3 is 0 Å². The maximum absolute atomic E-state index is 7.40. The van der Waals surface area contributed by atoms with Gasteiger partial charge in [0.05, 0.1) is 59.5 Å². The average molecular weight is 987 g/mol. The first kappa shape index (κ1) is 52.0. The predicted molar refractivity (Wildman–Crippen MR) is 276 cm³/mol. The number of ether oxygens (including phenoxy) is 11. The Labute approximate surface area is 429 Å². The third-order valence-electron chi connectivity index (χ3n) is 12.9. The second-order valence-corrected chi connectivity index (χ2v) is 18.2. The first-order chi connectivity index (χ1) is 36.2. The van der Waals surface area contributed by atoms with Gasteiger partial charge in [0.2, 0.25) is 0 Å². The number of hydrogen-bond donors (Lipinski definition) is 0. The van der Waals surface area contributed by atoms with E-state index in [1.807, 2.05) is 212 Å². The van der Waals surface area contributed by atoms with Gasteiger partial charge in [-0.2, -0.15) is 0 Å². The molecule has 9 rings (SSSR count). The molecule has 73 heavy (non-hydrogen) atoms. The van der Waals surface area contributed by atoms with Gasteiger partial charge in [-0.25, -0.2) is 0 Å². The Kier molecular flexibility index (Phi) is 19.9. The molecule has 0 amide bonds. The Bertz CT molecular complexity index is 2560. The van der Waals surface area contributed by atoms with Gasteiger partial charge in [0, 0.05) is 7.11 Å². The SMILES string of the molecule is CO[C@@H]1O[C@H](COCc2ccccc2)[C@@H](OCc2ccccc2)[C@H](OCc2ccccc2)[C@H]1O[C@@H]1O[C@H](COCc2ccccc2)[C@@H](OCc2ccccc2)[C@H](OCc2ccccc2)[C@@H]1OCc1ccccc1. The number of hydrogen-bond acceptors (Lipinski definition) is 11. The number of methoxy groups -OCH3 is 1. The highest BCUT2D eigenvalue weighted by Crippen LogP contribution is 2.37. The van der Waals surface area contributed by atoms with Crippen molar-refractivity contribution in [2.75, 3.05) is 20.3 Å². The molecule has 2 saturated heterocycles. The topological polar surface area (TPSA) is 102 Å². The van der Waals surface area contributed by atoms with Crippen molar-refractivity contribution in [1.29, 1.82) is 0 Å². The Morgan fingerprint density at radius 2 is 0.548 bits per heavy atom. The average Bonchev–Trinajstić information content (AvgIpc) is 3.45. The summed E-state index contributed by atoms with van der Waals surface area (Å²) in [5.41, 5.74) is 6.97. The van der Waals surface area contributed by atoms with E-state index in [0.29, 0.717) is 13.2 Å². The minimum absolute atomic E-state index is 0.150. The Morgan fingerprint density at radius 1 is 0.288 bits per heavy atom. The molecule has 7 aromatic carbocycles. The Balaban J connectivity index is 1.09. The van der Waals surface area contributed by atoms with E-state index in [1.54, 1.807) is 7.11 Å².